The average molecular weight is 529 g/mol. The van der Waals surface area contributed by atoms with Crippen LogP contribution in [0.3, 0.4) is 0 Å². The minimum Gasteiger partial charge on any atom is -0.396 e. The van der Waals surface area contributed by atoms with Crippen LogP contribution in [0.2, 0.25) is 0 Å². The van der Waals surface area contributed by atoms with Crippen LogP contribution in [0.15, 0.2) is 47.5 Å². The van der Waals surface area contributed by atoms with Crippen LogP contribution in [-0.4, -0.2) is 56.8 Å². The highest BCUT2D eigenvalue weighted by Gasteiger charge is 2.34. The molecule has 1 fully saturated rings. The second kappa shape index (κ2) is 12.6. The number of nitrogens with one attached hydrogen (secondary N) is 2. The summed E-state index contributed by atoms with van der Waals surface area (Å²) < 4.78 is 5.55. The van der Waals surface area contributed by atoms with E-state index < -0.39 is 0 Å². The van der Waals surface area contributed by atoms with E-state index in [4.69, 9.17) is 4.74 Å². The number of ether oxygens (including phenoxy) is 1. The zero-order valence-corrected chi connectivity index (χ0v) is 20.2. The maximum absolute atomic E-state index is 9.34. The Balaban J connectivity index is 0.00000300. The van der Waals surface area contributed by atoms with Gasteiger partial charge >= 0.3 is 0 Å². The normalized spacial score (nSPS) is 19.2. The third-order valence-corrected chi connectivity index (χ3v) is 6.37. The Kier molecular flexibility index (Phi) is 10.5. The molecule has 2 aromatic rings. The van der Waals surface area contributed by atoms with E-state index >= 15 is 0 Å². The van der Waals surface area contributed by atoms with Crippen molar-refractivity contribution in [1.29, 1.82) is 0 Å². The molecule has 160 valence electrons. The Morgan fingerprint density at radius 3 is 2.79 bits per heavy atom. The van der Waals surface area contributed by atoms with Gasteiger partial charge in [-0.25, -0.2) is 0 Å². The molecule has 29 heavy (non-hydrogen) atoms. The monoisotopic (exact) mass is 529 g/mol. The van der Waals surface area contributed by atoms with Crippen LogP contribution in [-0.2, 0) is 10.5 Å². The third kappa shape index (κ3) is 7.01. The van der Waals surface area contributed by atoms with Gasteiger partial charge in [0.15, 0.2) is 5.96 Å². The Morgan fingerprint density at radius 1 is 1.21 bits per heavy atom. The summed E-state index contributed by atoms with van der Waals surface area (Å²) in [6.07, 6.45) is 1.75. The Morgan fingerprint density at radius 2 is 2.03 bits per heavy atom. The number of fused-ring (bicyclic) bond motifs is 1. The maximum atomic E-state index is 9.34. The zero-order valence-electron chi connectivity index (χ0n) is 17.0. The highest BCUT2D eigenvalue weighted by atomic mass is 127. The molecule has 3 rings (SSSR count). The first kappa shape index (κ1) is 24.2. The fourth-order valence-electron chi connectivity index (χ4n) is 3.65. The number of guanidine groups is 1. The molecule has 0 bridgehead atoms. The van der Waals surface area contributed by atoms with Crippen LogP contribution in [0.25, 0.3) is 10.8 Å². The van der Waals surface area contributed by atoms with Crippen molar-refractivity contribution in [1.82, 2.24) is 10.6 Å². The number of rotatable bonds is 9. The lowest BCUT2D eigenvalue weighted by atomic mass is 9.84. The van der Waals surface area contributed by atoms with Crippen molar-refractivity contribution in [3.8, 4) is 0 Å². The summed E-state index contributed by atoms with van der Waals surface area (Å²) in [6.45, 7) is 3.31. The molecular weight excluding hydrogens is 497 g/mol. The number of halogens is 1. The van der Waals surface area contributed by atoms with Crippen molar-refractivity contribution in [2.45, 2.75) is 18.6 Å². The highest BCUT2D eigenvalue weighted by molar-refractivity contribution is 14.0. The van der Waals surface area contributed by atoms with Gasteiger partial charge < -0.3 is 20.5 Å². The van der Waals surface area contributed by atoms with Crippen LogP contribution >= 0.6 is 35.7 Å². The zero-order chi connectivity index (χ0) is 19.7. The quantitative estimate of drug-likeness (QED) is 0.200. The summed E-state index contributed by atoms with van der Waals surface area (Å²) in [7, 11) is 1.79. The second-order valence-electron chi connectivity index (χ2n) is 7.32. The minimum atomic E-state index is 0. The summed E-state index contributed by atoms with van der Waals surface area (Å²) in [6, 6.07) is 15.1. The lowest BCUT2D eigenvalue weighted by Crippen LogP contribution is -2.45. The molecule has 0 amide bonds. The molecular formula is C22H32IN3O2S. The van der Waals surface area contributed by atoms with E-state index in [0.717, 1.165) is 50.0 Å². The van der Waals surface area contributed by atoms with Gasteiger partial charge in [0.25, 0.3) is 0 Å². The van der Waals surface area contributed by atoms with Crippen LogP contribution in [0, 0.1) is 5.41 Å². The molecule has 2 aromatic carbocycles. The molecule has 1 aliphatic rings. The predicted octanol–water partition coefficient (Wildman–Crippen LogP) is 3.65. The van der Waals surface area contributed by atoms with Crippen molar-refractivity contribution in [2.75, 3.05) is 45.7 Å². The lowest BCUT2D eigenvalue weighted by Gasteiger charge is -2.27. The molecule has 1 saturated heterocycles. The predicted molar refractivity (Wildman–Crippen MR) is 134 cm³/mol. The molecule has 0 aromatic heterocycles. The third-order valence-electron chi connectivity index (χ3n) is 5.36. The van der Waals surface area contributed by atoms with Crippen LogP contribution in [0.4, 0.5) is 0 Å². The van der Waals surface area contributed by atoms with Crippen molar-refractivity contribution in [3.63, 3.8) is 0 Å². The molecule has 0 saturated carbocycles. The fraction of sp³-hybridized carbons (Fsp3) is 0.500. The smallest absolute Gasteiger partial charge is 0.191 e. The van der Waals surface area contributed by atoms with Gasteiger partial charge in [0.2, 0.25) is 0 Å². The van der Waals surface area contributed by atoms with E-state index in [1.807, 2.05) is 11.8 Å². The molecule has 1 aliphatic heterocycles. The molecule has 0 spiro atoms. The Labute approximate surface area is 195 Å². The second-order valence-corrected chi connectivity index (χ2v) is 8.42. The number of aliphatic imine (C=N–C) groups is 1. The van der Waals surface area contributed by atoms with Crippen molar-refractivity contribution >= 4 is 52.5 Å². The van der Waals surface area contributed by atoms with Gasteiger partial charge in [-0.1, -0.05) is 42.5 Å². The SMILES string of the molecule is CN=C(NCCSCc1cccc2ccccc12)NCC1(CCO)CCOC1.I. The van der Waals surface area contributed by atoms with Gasteiger partial charge in [-0.05, 0) is 29.2 Å². The molecule has 0 radical (unpaired) electrons. The van der Waals surface area contributed by atoms with E-state index in [1.165, 1.54) is 16.3 Å². The first-order valence-corrected chi connectivity index (χ1v) is 11.1. The summed E-state index contributed by atoms with van der Waals surface area (Å²) in [5.41, 5.74) is 1.41. The van der Waals surface area contributed by atoms with Crippen molar-refractivity contribution in [2.24, 2.45) is 10.4 Å². The van der Waals surface area contributed by atoms with E-state index in [2.05, 4.69) is 58.1 Å². The van der Waals surface area contributed by atoms with Crippen LogP contribution < -0.4 is 10.6 Å². The van der Waals surface area contributed by atoms with E-state index in [9.17, 15) is 5.11 Å². The summed E-state index contributed by atoms with van der Waals surface area (Å²) in [5, 5.41) is 18.8. The van der Waals surface area contributed by atoms with E-state index in [0.29, 0.717) is 6.61 Å². The fourth-order valence-corrected chi connectivity index (χ4v) is 4.51. The largest absolute Gasteiger partial charge is 0.396 e. The first-order chi connectivity index (χ1) is 13.8. The number of hydrogen-bond donors (Lipinski definition) is 3. The Hall–Kier alpha value is -1.03. The van der Waals surface area contributed by atoms with Gasteiger partial charge in [-0.2, -0.15) is 11.8 Å². The first-order valence-electron chi connectivity index (χ1n) is 9.94. The van der Waals surface area contributed by atoms with Gasteiger partial charge in [0.05, 0.1) is 6.61 Å². The Bertz CT molecular complexity index is 776. The number of nitrogens with zero attached hydrogens (tertiary/aromatic N) is 1. The summed E-state index contributed by atoms with van der Waals surface area (Å²) in [5.74, 6) is 2.83. The van der Waals surface area contributed by atoms with Crippen molar-refractivity contribution < 1.29 is 9.84 Å². The summed E-state index contributed by atoms with van der Waals surface area (Å²) >= 11 is 1.93. The van der Waals surface area contributed by atoms with Crippen LogP contribution in [0.1, 0.15) is 18.4 Å². The molecule has 0 aliphatic carbocycles. The number of aliphatic hydroxyl groups excluding tert-OH is 1. The summed E-state index contributed by atoms with van der Waals surface area (Å²) in [4.78, 5) is 4.32. The molecule has 7 heteroatoms. The molecule has 1 atom stereocenters. The number of benzene rings is 2. The van der Waals surface area contributed by atoms with E-state index in [-0.39, 0.29) is 36.0 Å². The minimum absolute atomic E-state index is 0. The van der Waals surface area contributed by atoms with Gasteiger partial charge in [-0.3, -0.25) is 4.99 Å². The lowest BCUT2D eigenvalue weighted by molar-refractivity contribution is 0.127. The van der Waals surface area contributed by atoms with Gasteiger partial charge in [0.1, 0.15) is 0 Å². The van der Waals surface area contributed by atoms with E-state index in [1.54, 1.807) is 7.05 Å². The molecule has 3 N–H and O–H groups in total. The maximum Gasteiger partial charge on any atom is 0.191 e. The average Bonchev–Trinajstić information content (AvgIpc) is 3.19. The number of thioether (sulfide) groups is 1. The highest BCUT2D eigenvalue weighted by Crippen LogP contribution is 2.31. The standard InChI is InChI=1S/C22H31N3O2S.HI/c1-23-21(25-16-22(9-12-26)10-13-27-17-22)24-11-14-28-15-19-7-4-6-18-5-2-3-8-20(18)19;/h2-8,26H,9-17H2,1H3,(H2,23,24,25);1H. The van der Waals surface area contributed by atoms with Gasteiger partial charge in [-0.15, -0.1) is 24.0 Å². The van der Waals surface area contributed by atoms with Gasteiger partial charge in [0, 0.05) is 50.3 Å². The number of hydrogen-bond acceptors (Lipinski definition) is 4. The number of aliphatic hydroxyl groups is 1. The van der Waals surface area contributed by atoms with Crippen molar-refractivity contribution in [3.05, 3.63) is 48.0 Å². The molecule has 1 heterocycles. The topological polar surface area (TPSA) is 65.9 Å². The molecule has 5 nitrogen and oxygen atoms in total. The van der Waals surface area contributed by atoms with Crippen LogP contribution in [0.5, 0.6) is 0 Å². The molecule has 1 unspecified atom stereocenters.